The average Bonchev–Trinajstić information content (AvgIpc) is 1.77. The highest BCUT2D eigenvalue weighted by Gasteiger charge is 2.11. The van der Waals surface area contributed by atoms with Crippen molar-refractivity contribution >= 4 is 5.71 Å². The van der Waals surface area contributed by atoms with Crippen LogP contribution < -0.4 is 5.32 Å². The Morgan fingerprint density at radius 2 is 2.50 bits per heavy atom. The van der Waals surface area contributed by atoms with Gasteiger partial charge >= 0.3 is 0 Å². The van der Waals surface area contributed by atoms with Crippen molar-refractivity contribution < 1.29 is 0 Å². The molecule has 1 heterocycles. The summed E-state index contributed by atoms with van der Waals surface area (Å²) in [5.41, 5.74) is 0.906. The van der Waals surface area contributed by atoms with Crippen LogP contribution in [0.3, 0.4) is 0 Å². The average molecular weight is 112 g/mol. The molecule has 0 aromatic heterocycles. The maximum absolute atomic E-state index is 7.35. The van der Waals surface area contributed by atoms with Crippen LogP contribution in [0.15, 0.2) is 0 Å². The van der Waals surface area contributed by atoms with Gasteiger partial charge in [-0.15, -0.1) is 0 Å². The highest BCUT2D eigenvalue weighted by molar-refractivity contribution is 5.84. The SMILES string of the molecule is CC1CNCCC1=N. The maximum atomic E-state index is 7.35. The topological polar surface area (TPSA) is 35.9 Å². The van der Waals surface area contributed by atoms with Gasteiger partial charge in [-0.05, 0) is 6.42 Å². The summed E-state index contributed by atoms with van der Waals surface area (Å²) in [7, 11) is 0. The third-order valence-corrected chi connectivity index (χ3v) is 1.62. The van der Waals surface area contributed by atoms with Gasteiger partial charge in [-0.25, -0.2) is 0 Å². The number of piperidine rings is 1. The van der Waals surface area contributed by atoms with Gasteiger partial charge in [0.1, 0.15) is 0 Å². The van der Waals surface area contributed by atoms with E-state index in [9.17, 15) is 0 Å². The minimum absolute atomic E-state index is 0.476. The van der Waals surface area contributed by atoms with Gasteiger partial charge in [0, 0.05) is 24.7 Å². The summed E-state index contributed by atoms with van der Waals surface area (Å²) in [5.74, 6) is 0.476. The third-order valence-electron chi connectivity index (χ3n) is 1.62. The lowest BCUT2D eigenvalue weighted by Crippen LogP contribution is -2.34. The minimum atomic E-state index is 0.476. The van der Waals surface area contributed by atoms with Crippen LogP contribution in [-0.4, -0.2) is 18.8 Å². The van der Waals surface area contributed by atoms with Crippen molar-refractivity contribution in [2.75, 3.05) is 13.1 Å². The Labute approximate surface area is 49.8 Å². The fourth-order valence-corrected chi connectivity index (χ4v) is 0.911. The molecular formula is C6H12N2. The van der Waals surface area contributed by atoms with E-state index in [1.165, 1.54) is 0 Å². The molecule has 0 saturated carbocycles. The van der Waals surface area contributed by atoms with Gasteiger partial charge in [-0.2, -0.15) is 0 Å². The molecule has 46 valence electrons. The van der Waals surface area contributed by atoms with Crippen LogP contribution >= 0.6 is 0 Å². The zero-order valence-electron chi connectivity index (χ0n) is 5.20. The molecule has 1 unspecified atom stereocenters. The molecule has 0 amide bonds. The van der Waals surface area contributed by atoms with Crippen molar-refractivity contribution in [3.63, 3.8) is 0 Å². The molecule has 1 atom stereocenters. The maximum Gasteiger partial charge on any atom is 0.0143 e. The fourth-order valence-electron chi connectivity index (χ4n) is 0.911. The normalized spacial score (nSPS) is 30.6. The van der Waals surface area contributed by atoms with E-state index >= 15 is 0 Å². The molecule has 0 aromatic carbocycles. The highest BCUT2D eigenvalue weighted by Crippen LogP contribution is 2.02. The smallest absolute Gasteiger partial charge is 0.0143 e. The summed E-state index contributed by atoms with van der Waals surface area (Å²) >= 11 is 0. The first kappa shape index (κ1) is 5.76. The molecule has 0 radical (unpaired) electrons. The van der Waals surface area contributed by atoms with Gasteiger partial charge in [0.15, 0.2) is 0 Å². The van der Waals surface area contributed by atoms with Crippen LogP contribution in [0.25, 0.3) is 0 Å². The van der Waals surface area contributed by atoms with E-state index in [4.69, 9.17) is 5.41 Å². The number of hydrogen-bond donors (Lipinski definition) is 2. The van der Waals surface area contributed by atoms with Gasteiger partial charge in [0.05, 0.1) is 0 Å². The lowest BCUT2D eigenvalue weighted by molar-refractivity contribution is 0.571. The molecule has 2 heteroatoms. The summed E-state index contributed by atoms with van der Waals surface area (Å²) in [6, 6.07) is 0. The van der Waals surface area contributed by atoms with E-state index in [-0.39, 0.29) is 0 Å². The van der Waals surface area contributed by atoms with Crippen molar-refractivity contribution in [2.24, 2.45) is 5.92 Å². The van der Waals surface area contributed by atoms with Gasteiger partial charge < -0.3 is 10.7 Å². The highest BCUT2D eigenvalue weighted by atomic mass is 14.9. The van der Waals surface area contributed by atoms with Crippen LogP contribution in [0.2, 0.25) is 0 Å². The van der Waals surface area contributed by atoms with Gasteiger partial charge in [0.2, 0.25) is 0 Å². The number of nitrogens with one attached hydrogen (secondary N) is 2. The molecule has 1 aliphatic rings. The third kappa shape index (κ3) is 1.07. The van der Waals surface area contributed by atoms with Crippen molar-refractivity contribution in [3.05, 3.63) is 0 Å². The summed E-state index contributed by atoms with van der Waals surface area (Å²) < 4.78 is 0. The van der Waals surface area contributed by atoms with Crippen LogP contribution in [0, 0.1) is 11.3 Å². The molecule has 0 bridgehead atoms. The molecule has 1 rings (SSSR count). The molecular weight excluding hydrogens is 100 g/mol. The Morgan fingerprint density at radius 1 is 1.75 bits per heavy atom. The first-order chi connectivity index (χ1) is 3.80. The Kier molecular flexibility index (Phi) is 1.63. The molecule has 8 heavy (non-hydrogen) atoms. The van der Waals surface area contributed by atoms with Crippen molar-refractivity contribution in [1.29, 1.82) is 5.41 Å². The zero-order valence-corrected chi connectivity index (χ0v) is 5.20. The molecule has 1 aliphatic heterocycles. The summed E-state index contributed by atoms with van der Waals surface area (Å²) in [6.07, 6.45) is 0.946. The molecule has 1 fully saturated rings. The molecule has 1 saturated heterocycles. The van der Waals surface area contributed by atoms with E-state index in [2.05, 4.69) is 12.2 Å². The summed E-state index contributed by atoms with van der Waals surface area (Å²) in [4.78, 5) is 0. The lowest BCUT2D eigenvalue weighted by atomic mass is 10.00. The van der Waals surface area contributed by atoms with E-state index in [0.717, 1.165) is 25.2 Å². The first-order valence-electron chi connectivity index (χ1n) is 3.08. The lowest BCUT2D eigenvalue weighted by Gasteiger charge is -2.19. The predicted molar refractivity (Wildman–Crippen MR) is 34.4 cm³/mol. The molecule has 0 aromatic rings. The van der Waals surface area contributed by atoms with Gasteiger partial charge in [-0.3, -0.25) is 0 Å². The van der Waals surface area contributed by atoms with Crippen molar-refractivity contribution in [3.8, 4) is 0 Å². The summed E-state index contributed by atoms with van der Waals surface area (Å²) in [6.45, 7) is 4.09. The van der Waals surface area contributed by atoms with Gasteiger partial charge in [0.25, 0.3) is 0 Å². The van der Waals surface area contributed by atoms with Crippen LogP contribution in [0.5, 0.6) is 0 Å². The second-order valence-electron chi connectivity index (χ2n) is 2.38. The largest absolute Gasteiger partial charge is 0.316 e. The number of hydrogen-bond acceptors (Lipinski definition) is 2. The Bertz CT molecular complexity index is 98.7. The van der Waals surface area contributed by atoms with E-state index in [0.29, 0.717) is 5.92 Å². The molecule has 0 aliphatic carbocycles. The standard InChI is InChI=1S/C6H12N2/c1-5-4-8-3-2-6(5)7/h5,7-8H,2-4H2,1H3. The molecule has 2 N–H and O–H groups in total. The number of rotatable bonds is 0. The zero-order chi connectivity index (χ0) is 5.98. The quantitative estimate of drug-likeness (QED) is 0.474. The summed E-state index contributed by atoms with van der Waals surface area (Å²) in [5, 5.41) is 10.6. The van der Waals surface area contributed by atoms with Crippen molar-refractivity contribution in [1.82, 2.24) is 5.32 Å². The first-order valence-corrected chi connectivity index (χ1v) is 3.08. The molecule has 2 nitrogen and oxygen atoms in total. The Balaban J connectivity index is 2.39. The van der Waals surface area contributed by atoms with Crippen LogP contribution in [-0.2, 0) is 0 Å². The monoisotopic (exact) mass is 112 g/mol. The molecule has 0 spiro atoms. The van der Waals surface area contributed by atoms with Gasteiger partial charge in [-0.1, -0.05) is 6.92 Å². The second-order valence-corrected chi connectivity index (χ2v) is 2.38. The predicted octanol–water partition coefficient (Wildman–Crippen LogP) is 0.636. The fraction of sp³-hybridized carbons (Fsp3) is 0.833. The van der Waals surface area contributed by atoms with Crippen molar-refractivity contribution in [2.45, 2.75) is 13.3 Å². The van der Waals surface area contributed by atoms with Crippen LogP contribution in [0.4, 0.5) is 0 Å². The van der Waals surface area contributed by atoms with E-state index in [1.807, 2.05) is 0 Å². The second kappa shape index (κ2) is 2.27. The van der Waals surface area contributed by atoms with E-state index < -0.39 is 0 Å². The minimum Gasteiger partial charge on any atom is -0.316 e. The Hall–Kier alpha value is -0.370. The van der Waals surface area contributed by atoms with Crippen LogP contribution in [0.1, 0.15) is 13.3 Å². The Morgan fingerprint density at radius 3 is 2.88 bits per heavy atom. The van der Waals surface area contributed by atoms with E-state index in [1.54, 1.807) is 0 Å².